The first-order valence-electron chi connectivity index (χ1n) is 37.8. The summed E-state index contributed by atoms with van der Waals surface area (Å²) in [6.45, 7) is 33.7. The van der Waals surface area contributed by atoms with Crippen molar-refractivity contribution in [3.05, 3.63) is 0 Å². The first-order valence-corrected chi connectivity index (χ1v) is 37.8. The lowest BCUT2D eigenvalue weighted by molar-refractivity contribution is -0.320. The van der Waals surface area contributed by atoms with Crippen molar-refractivity contribution in [2.24, 2.45) is 47.3 Å². The fourth-order valence-corrected chi connectivity index (χ4v) is 17.7. The number of aliphatic hydroxyl groups is 10. The quantitative estimate of drug-likeness (QED) is 0.0873. The molecule has 28 nitrogen and oxygen atoms in total. The van der Waals surface area contributed by atoms with E-state index in [2.05, 4.69) is 0 Å². The Morgan fingerprint density at radius 2 is 0.835 bits per heavy atom. The molecule has 0 aromatic rings. The minimum absolute atomic E-state index is 0.0133. The molecule has 602 valence electrons. The first kappa shape index (κ1) is 89.6. The number of hydrogen-bond donors (Lipinski definition) is 10. The van der Waals surface area contributed by atoms with Gasteiger partial charge in [0.15, 0.2) is 25.2 Å². The number of Topliss-reactive ketones (excluding diaryl/α,β-unsaturated/α-hetero) is 1. The van der Waals surface area contributed by atoms with E-state index < -0.39 is 240 Å². The maximum atomic E-state index is 14.7. The Kier molecular flexibility index (Phi) is 31.1. The molecule has 0 aromatic heterocycles. The van der Waals surface area contributed by atoms with Crippen LogP contribution in [0.5, 0.6) is 0 Å². The molecule has 0 saturated carbocycles. The average Bonchev–Trinajstić information content (AvgIpc) is 0.779. The van der Waals surface area contributed by atoms with Crippen LogP contribution in [0.4, 0.5) is 0 Å². The Labute approximate surface area is 612 Å². The van der Waals surface area contributed by atoms with E-state index in [0.717, 1.165) is 0 Å². The number of likely N-dealkylation sites (N-methyl/N-ethyl adjacent to an activating group) is 2. The number of nitrogens with zero attached hydrogens (tertiary/aromatic N) is 2. The van der Waals surface area contributed by atoms with Gasteiger partial charge >= 0.3 is 11.9 Å². The second-order valence-electron chi connectivity index (χ2n) is 33.4. The van der Waals surface area contributed by atoms with Crippen LogP contribution in [0.2, 0.25) is 0 Å². The van der Waals surface area contributed by atoms with Gasteiger partial charge in [0.05, 0.1) is 101 Å². The van der Waals surface area contributed by atoms with Crippen molar-refractivity contribution < 1.29 is 127 Å². The van der Waals surface area contributed by atoms with E-state index in [1.807, 2.05) is 37.7 Å². The molecule has 103 heavy (non-hydrogen) atoms. The zero-order chi connectivity index (χ0) is 78.0. The van der Waals surface area contributed by atoms with Crippen LogP contribution >= 0.6 is 0 Å². The molecule has 17 unspecified atom stereocenters. The Hall–Kier alpha value is -2.31. The maximum Gasteiger partial charge on any atom is 0.311 e. The lowest BCUT2D eigenvalue weighted by Crippen LogP contribution is -2.62. The first-order chi connectivity index (χ1) is 47.6. The largest absolute Gasteiger partial charge is 0.459 e. The molecule has 0 spiro atoms. The van der Waals surface area contributed by atoms with Crippen LogP contribution in [0, 0.1) is 47.3 Å². The number of cyclic esters (lactones) is 2. The van der Waals surface area contributed by atoms with Gasteiger partial charge in [-0.2, -0.15) is 0 Å². The second-order valence-corrected chi connectivity index (χ2v) is 33.4. The molecular weight excluding hydrogens is 1340 g/mol. The van der Waals surface area contributed by atoms with Crippen LogP contribution in [0.3, 0.4) is 0 Å². The molecule has 0 bridgehead atoms. The summed E-state index contributed by atoms with van der Waals surface area (Å²) < 4.78 is 83.8. The van der Waals surface area contributed by atoms with Crippen molar-refractivity contribution >= 4 is 17.7 Å². The highest BCUT2D eigenvalue weighted by atomic mass is 16.7. The standard InChI is InChI=1S/C75H136N2O26/c1-26-50-74(19,89)60(82)40(7)54(78)36(3)32-70(15,88)64(42(9)58(44(11)66(86)98-50)100-52-34-71(16,91-23)62(84)46(13)96-52)102-68-56(80)48(30-38(5)94-68)76(21)28-29-77(22)49-31-39(6)95-69(57(49)81)103-65-43(10)59(101-53-35-72(17,92-24)63(85)47(14)97-53)45(12)67(87)99-51(27-2)75(20,90)61(83)41(8)55(79)37(4)33-73(65,18)93-25/h36-54,56-65,68-69,78,80-85,88-90H,26-35H2,1-25H3/t36-,37-,38?,39?,40+,41+,42+,43+,44-,45-,46?,47?,48?,49?,50-,51-,52?,53?,54?,56?,57?,58+,59+,60-,61-,62?,63?,64-,65-,68?,69?,70+,71?,72?,73+,74-,75-/m1/s1. The number of ether oxygens (including phenoxy) is 13. The van der Waals surface area contributed by atoms with Gasteiger partial charge in [0.2, 0.25) is 0 Å². The third-order valence-corrected chi connectivity index (χ3v) is 24.9. The summed E-state index contributed by atoms with van der Waals surface area (Å²) in [6.07, 6.45) is -23.6. The Morgan fingerprint density at radius 1 is 0.456 bits per heavy atom. The van der Waals surface area contributed by atoms with E-state index in [-0.39, 0.29) is 38.5 Å². The Morgan fingerprint density at radius 3 is 1.22 bits per heavy atom. The van der Waals surface area contributed by atoms with Gasteiger partial charge in [-0.3, -0.25) is 24.2 Å². The molecule has 6 fully saturated rings. The molecule has 6 rings (SSSR count). The van der Waals surface area contributed by atoms with E-state index in [9.17, 15) is 65.4 Å². The lowest BCUT2D eigenvalue weighted by atomic mass is 9.73. The molecule has 37 atom stereocenters. The van der Waals surface area contributed by atoms with Gasteiger partial charge in [-0.15, -0.1) is 0 Å². The van der Waals surface area contributed by atoms with Crippen LogP contribution in [-0.4, -0.2) is 302 Å². The van der Waals surface area contributed by atoms with Crippen LogP contribution < -0.4 is 0 Å². The van der Waals surface area contributed by atoms with E-state index in [0.29, 0.717) is 25.9 Å². The topological polar surface area (TPSA) is 380 Å². The summed E-state index contributed by atoms with van der Waals surface area (Å²) in [6, 6.07) is -1.25. The van der Waals surface area contributed by atoms with Crippen molar-refractivity contribution in [1.82, 2.24) is 9.80 Å². The number of rotatable bonds is 18. The molecule has 6 aliphatic heterocycles. The molecule has 0 aliphatic carbocycles. The van der Waals surface area contributed by atoms with Gasteiger partial charge in [0.1, 0.15) is 53.6 Å². The number of hydrogen-bond acceptors (Lipinski definition) is 28. The Balaban J connectivity index is 1.31. The molecule has 6 saturated heterocycles. The summed E-state index contributed by atoms with van der Waals surface area (Å²) in [5.41, 5.74) is -9.74. The van der Waals surface area contributed by atoms with E-state index >= 15 is 0 Å². The molecule has 28 heteroatoms. The fraction of sp³-hybridized carbons (Fsp3) is 0.960. The number of aliphatic hydroxyl groups excluding tert-OH is 7. The monoisotopic (exact) mass is 1480 g/mol. The normalized spacial score (nSPS) is 50.3. The van der Waals surface area contributed by atoms with Crippen molar-refractivity contribution in [3.8, 4) is 0 Å². The van der Waals surface area contributed by atoms with Gasteiger partial charge in [-0.1, -0.05) is 55.4 Å². The van der Waals surface area contributed by atoms with Crippen LogP contribution in [-0.2, 0) is 76.0 Å². The summed E-state index contributed by atoms with van der Waals surface area (Å²) in [7, 11) is 8.12. The number of ketones is 1. The van der Waals surface area contributed by atoms with Crippen LogP contribution in [0.15, 0.2) is 0 Å². The maximum absolute atomic E-state index is 14.7. The zero-order valence-electron chi connectivity index (χ0n) is 66.4. The van der Waals surface area contributed by atoms with Gasteiger partial charge in [-0.05, 0) is 142 Å². The van der Waals surface area contributed by atoms with Gasteiger partial charge in [0, 0.05) is 88.9 Å². The SMILES string of the molecule is CC[C@H]1OC(=O)[C@H](C)[C@@H](OC2CC(C)(OC)C(O)C(C)O2)[C@H](C)[C@@H](OC2OC(C)CC(N(C)CCN(C)C3CC(C)OC(O[C@@H]4[C@@H](C)[C@H](OC5CC(C)(OC)C(O)C(C)O5)[C@@H](C)C(=O)O[C@H](CC)[C@@](C)(O)[C@H](O)[C@@H](C)C(O)[C@H](C)C[C@]4(C)O)C3O)C2O)[C@@](C)(OC)C[C@@H](C)C(=O)[C@H](C)[C@@H](O)[C@]1(C)O. The number of esters is 2. The smallest absolute Gasteiger partial charge is 0.311 e. The number of methoxy groups -OCH3 is 3. The molecule has 0 amide bonds. The minimum atomic E-state index is -2.07. The van der Waals surface area contributed by atoms with Crippen molar-refractivity contribution in [2.75, 3.05) is 48.5 Å². The highest BCUT2D eigenvalue weighted by Crippen LogP contribution is 2.45. The Bertz CT molecular complexity index is 2700. The van der Waals surface area contributed by atoms with E-state index in [1.54, 1.807) is 96.9 Å². The average molecular weight is 1480 g/mol. The van der Waals surface area contributed by atoms with Gasteiger partial charge in [0.25, 0.3) is 0 Å². The van der Waals surface area contributed by atoms with E-state index in [4.69, 9.17) is 61.6 Å². The van der Waals surface area contributed by atoms with Crippen LogP contribution in [0.1, 0.15) is 190 Å². The predicted molar refractivity (Wildman–Crippen MR) is 376 cm³/mol. The van der Waals surface area contributed by atoms with Gasteiger partial charge < -0.3 is 113 Å². The highest BCUT2D eigenvalue weighted by molar-refractivity contribution is 5.83. The van der Waals surface area contributed by atoms with Gasteiger partial charge in [-0.25, -0.2) is 0 Å². The molecule has 6 aliphatic rings. The summed E-state index contributed by atoms with van der Waals surface area (Å²) in [5, 5.41) is 120. The van der Waals surface area contributed by atoms with Crippen molar-refractivity contribution in [2.45, 2.75) is 364 Å². The third kappa shape index (κ3) is 19.7. The molecule has 0 radical (unpaired) electrons. The number of carbonyl (C=O) groups excluding carboxylic acids is 3. The van der Waals surface area contributed by atoms with Crippen molar-refractivity contribution in [1.29, 1.82) is 0 Å². The highest BCUT2D eigenvalue weighted by Gasteiger charge is 2.58. The lowest BCUT2D eigenvalue weighted by Gasteiger charge is -2.50. The minimum Gasteiger partial charge on any atom is -0.459 e. The molecule has 6 heterocycles. The molecular formula is C75H136N2O26. The van der Waals surface area contributed by atoms with E-state index in [1.165, 1.54) is 49.0 Å². The van der Waals surface area contributed by atoms with Crippen LogP contribution in [0.25, 0.3) is 0 Å². The zero-order valence-corrected chi connectivity index (χ0v) is 66.4. The van der Waals surface area contributed by atoms with Crippen molar-refractivity contribution in [3.63, 3.8) is 0 Å². The fourth-order valence-electron chi connectivity index (χ4n) is 17.7. The summed E-state index contributed by atoms with van der Waals surface area (Å²) in [5.74, 6) is -9.91. The molecule has 10 N–H and O–H groups in total. The predicted octanol–water partition coefficient (Wildman–Crippen LogP) is 3.77. The third-order valence-electron chi connectivity index (χ3n) is 24.9. The number of carbonyl (C=O) groups is 3. The summed E-state index contributed by atoms with van der Waals surface area (Å²) in [4.78, 5) is 47.9. The molecule has 0 aromatic carbocycles. The summed E-state index contributed by atoms with van der Waals surface area (Å²) >= 11 is 0. The second kappa shape index (κ2) is 35.8.